The van der Waals surface area contributed by atoms with Gasteiger partial charge in [-0.1, -0.05) is 6.07 Å². The first-order chi connectivity index (χ1) is 7.31. The van der Waals surface area contributed by atoms with Crippen molar-refractivity contribution < 1.29 is 4.74 Å². The first kappa shape index (κ1) is 9.84. The van der Waals surface area contributed by atoms with Crippen LogP contribution in [0.25, 0.3) is 17.0 Å². The molecule has 2 aromatic rings. The van der Waals surface area contributed by atoms with Crippen molar-refractivity contribution in [3.05, 3.63) is 41.8 Å². The molecule has 2 nitrogen and oxygen atoms in total. The standard InChI is InChI=1S/C13H15NO/c1-3-15-7-5-11-8-10(2)9-13-12(11)4-6-14-13/h4-9,14H,3H2,1-2H3/b7-5-. The highest BCUT2D eigenvalue weighted by Crippen LogP contribution is 2.21. The maximum Gasteiger partial charge on any atom is 0.0845 e. The van der Waals surface area contributed by atoms with Crippen molar-refractivity contribution in [2.45, 2.75) is 13.8 Å². The lowest BCUT2D eigenvalue weighted by molar-refractivity contribution is 0.272. The summed E-state index contributed by atoms with van der Waals surface area (Å²) in [7, 11) is 0. The highest BCUT2D eigenvalue weighted by molar-refractivity contribution is 5.89. The van der Waals surface area contributed by atoms with Gasteiger partial charge in [0.25, 0.3) is 0 Å². The average Bonchev–Trinajstić information content (AvgIpc) is 2.65. The van der Waals surface area contributed by atoms with Gasteiger partial charge in [0.15, 0.2) is 0 Å². The number of hydrogen-bond donors (Lipinski definition) is 1. The van der Waals surface area contributed by atoms with E-state index in [1.807, 2.05) is 19.2 Å². The van der Waals surface area contributed by atoms with Gasteiger partial charge >= 0.3 is 0 Å². The number of nitrogens with one attached hydrogen (secondary N) is 1. The second kappa shape index (κ2) is 4.22. The fourth-order valence-electron chi connectivity index (χ4n) is 1.70. The Hall–Kier alpha value is -1.70. The van der Waals surface area contributed by atoms with Crippen LogP contribution in [0.1, 0.15) is 18.1 Å². The van der Waals surface area contributed by atoms with Crippen LogP contribution < -0.4 is 0 Å². The van der Waals surface area contributed by atoms with Crippen LogP contribution in [0.5, 0.6) is 0 Å². The van der Waals surface area contributed by atoms with Crippen molar-refractivity contribution in [1.29, 1.82) is 0 Å². The molecule has 0 saturated carbocycles. The SMILES string of the molecule is CCO/C=C\c1cc(C)cc2[nH]ccc12. The minimum absolute atomic E-state index is 0.707. The average molecular weight is 201 g/mol. The molecule has 0 saturated heterocycles. The lowest BCUT2D eigenvalue weighted by Crippen LogP contribution is -1.81. The Balaban J connectivity index is 2.44. The lowest BCUT2D eigenvalue weighted by Gasteiger charge is -2.00. The van der Waals surface area contributed by atoms with Gasteiger partial charge < -0.3 is 9.72 Å². The highest BCUT2D eigenvalue weighted by Gasteiger charge is 2.00. The molecule has 1 heterocycles. The number of benzene rings is 1. The third kappa shape index (κ3) is 2.04. The molecule has 0 bridgehead atoms. The lowest BCUT2D eigenvalue weighted by atomic mass is 10.1. The Morgan fingerprint density at radius 1 is 1.40 bits per heavy atom. The molecule has 0 fully saturated rings. The number of aryl methyl sites for hydroxylation is 1. The summed E-state index contributed by atoms with van der Waals surface area (Å²) in [5.74, 6) is 0. The minimum Gasteiger partial charge on any atom is -0.501 e. The summed E-state index contributed by atoms with van der Waals surface area (Å²) in [4.78, 5) is 3.22. The van der Waals surface area contributed by atoms with E-state index in [2.05, 4.69) is 30.1 Å². The largest absolute Gasteiger partial charge is 0.501 e. The second-order valence-electron chi connectivity index (χ2n) is 3.55. The normalized spacial score (nSPS) is 11.3. The Morgan fingerprint density at radius 3 is 3.07 bits per heavy atom. The van der Waals surface area contributed by atoms with E-state index in [-0.39, 0.29) is 0 Å². The van der Waals surface area contributed by atoms with E-state index in [1.54, 1.807) is 6.26 Å². The molecule has 78 valence electrons. The number of aromatic nitrogens is 1. The molecule has 1 aromatic heterocycles. The van der Waals surface area contributed by atoms with E-state index in [0.29, 0.717) is 6.61 Å². The molecule has 0 unspecified atom stereocenters. The third-order valence-electron chi connectivity index (χ3n) is 2.36. The number of hydrogen-bond acceptors (Lipinski definition) is 1. The van der Waals surface area contributed by atoms with E-state index in [4.69, 9.17) is 4.74 Å². The van der Waals surface area contributed by atoms with Gasteiger partial charge in [0.2, 0.25) is 0 Å². The number of rotatable bonds is 3. The zero-order valence-electron chi connectivity index (χ0n) is 9.08. The quantitative estimate of drug-likeness (QED) is 0.755. The zero-order chi connectivity index (χ0) is 10.7. The number of aromatic amines is 1. The summed E-state index contributed by atoms with van der Waals surface area (Å²) in [6.07, 6.45) is 5.72. The van der Waals surface area contributed by atoms with Gasteiger partial charge in [0, 0.05) is 17.1 Å². The van der Waals surface area contributed by atoms with Crippen molar-refractivity contribution in [3.63, 3.8) is 0 Å². The summed E-state index contributed by atoms with van der Waals surface area (Å²) in [5, 5.41) is 1.23. The van der Waals surface area contributed by atoms with Crippen molar-refractivity contribution >= 4 is 17.0 Å². The molecule has 0 aliphatic carbocycles. The van der Waals surface area contributed by atoms with E-state index in [9.17, 15) is 0 Å². The van der Waals surface area contributed by atoms with Gasteiger partial charge in [-0.15, -0.1) is 0 Å². The monoisotopic (exact) mass is 201 g/mol. The molecule has 2 heteroatoms. The summed E-state index contributed by atoms with van der Waals surface area (Å²) in [6.45, 7) is 4.78. The van der Waals surface area contributed by atoms with Crippen molar-refractivity contribution in [2.24, 2.45) is 0 Å². The highest BCUT2D eigenvalue weighted by atomic mass is 16.5. The fourth-order valence-corrected chi connectivity index (χ4v) is 1.70. The van der Waals surface area contributed by atoms with Crippen molar-refractivity contribution in [3.8, 4) is 0 Å². The summed E-state index contributed by atoms with van der Waals surface area (Å²) in [5.41, 5.74) is 3.62. The Bertz CT molecular complexity index is 482. The van der Waals surface area contributed by atoms with Crippen LogP contribution in [0.2, 0.25) is 0 Å². The third-order valence-corrected chi connectivity index (χ3v) is 2.36. The number of fused-ring (bicyclic) bond motifs is 1. The van der Waals surface area contributed by atoms with Crippen LogP contribution in [0.15, 0.2) is 30.7 Å². The molecule has 15 heavy (non-hydrogen) atoms. The summed E-state index contributed by atoms with van der Waals surface area (Å²) in [6, 6.07) is 6.39. The van der Waals surface area contributed by atoms with Crippen LogP contribution >= 0.6 is 0 Å². The smallest absolute Gasteiger partial charge is 0.0845 e. The van der Waals surface area contributed by atoms with E-state index < -0.39 is 0 Å². The molecule has 0 aliphatic rings. The predicted octanol–water partition coefficient (Wildman–Crippen LogP) is 3.48. The maximum atomic E-state index is 5.21. The minimum atomic E-state index is 0.707. The molecule has 1 N–H and O–H groups in total. The molecule has 0 spiro atoms. The van der Waals surface area contributed by atoms with Crippen LogP contribution in [0, 0.1) is 6.92 Å². The van der Waals surface area contributed by atoms with Gasteiger partial charge in [-0.25, -0.2) is 0 Å². The summed E-state index contributed by atoms with van der Waals surface area (Å²) < 4.78 is 5.21. The molecule has 0 atom stereocenters. The predicted molar refractivity (Wildman–Crippen MR) is 63.7 cm³/mol. The maximum absolute atomic E-state index is 5.21. The Morgan fingerprint density at radius 2 is 2.27 bits per heavy atom. The molecule has 0 amide bonds. The molecular weight excluding hydrogens is 186 g/mol. The van der Waals surface area contributed by atoms with Crippen LogP contribution in [0.3, 0.4) is 0 Å². The summed E-state index contributed by atoms with van der Waals surface area (Å²) >= 11 is 0. The second-order valence-corrected chi connectivity index (χ2v) is 3.55. The number of ether oxygens (including phenoxy) is 1. The van der Waals surface area contributed by atoms with Gasteiger partial charge in [0.1, 0.15) is 0 Å². The fraction of sp³-hybridized carbons (Fsp3) is 0.231. The van der Waals surface area contributed by atoms with Gasteiger partial charge in [-0.05, 0) is 43.2 Å². The van der Waals surface area contributed by atoms with E-state index in [0.717, 1.165) is 0 Å². The van der Waals surface area contributed by atoms with E-state index >= 15 is 0 Å². The van der Waals surface area contributed by atoms with Gasteiger partial charge in [-0.3, -0.25) is 0 Å². The van der Waals surface area contributed by atoms with Crippen molar-refractivity contribution in [2.75, 3.05) is 6.61 Å². The molecule has 0 radical (unpaired) electrons. The van der Waals surface area contributed by atoms with Crippen molar-refractivity contribution in [1.82, 2.24) is 4.98 Å². The first-order valence-corrected chi connectivity index (χ1v) is 5.17. The van der Waals surface area contributed by atoms with Gasteiger partial charge in [-0.2, -0.15) is 0 Å². The first-order valence-electron chi connectivity index (χ1n) is 5.17. The Labute approximate surface area is 89.6 Å². The van der Waals surface area contributed by atoms with Crippen LogP contribution in [-0.2, 0) is 4.74 Å². The van der Waals surface area contributed by atoms with Gasteiger partial charge in [0.05, 0.1) is 12.9 Å². The molecule has 1 aromatic carbocycles. The Kier molecular flexibility index (Phi) is 2.77. The topological polar surface area (TPSA) is 25.0 Å². The zero-order valence-corrected chi connectivity index (χ0v) is 9.08. The number of H-pyrrole nitrogens is 1. The molecule has 2 rings (SSSR count). The molecule has 0 aliphatic heterocycles. The van der Waals surface area contributed by atoms with Crippen LogP contribution in [-0.4, -0.2) is 11.6 Å². The van der Waals surface area contributed by atoms with Crippen LogP contribution in [0.4, 0.5) is 0 Å². The van der Waals surface area contributed by atoms with E-state index in [1.165, 1.54) is 22.0 Å². The molecular formula is C13H15NO.